The van der Waals surface area contributed by atoms with Crippen LogP contribution in [0.5, 0.6) is 0 Å². The molecule has 0 spiro atoms. The molecule has 3 aromatic rings. The van der Waals surface area contributed by atoms with Crippen LogP contribution >= 0.6 is 11.6 Å². The molecule has 0 atom stereocenters. The predicted molar refractivity (Wildman–Crippen MR) is 104 cm³/mol. The molecule has 0 bridgehead atoms. The maximum Gasteiger partial charge on any atom is 0.328 e. The van der Waals surface area contributed by atoms with E-state index in [1.54, 1.807) is 24.3 Å². The maximum absolute atomic E-state index is 14.2. The predicted octanol–water partition coefficient (Wildman–Crippen LogP) is 3.35. The van der Waals surface area contributed by atoms with E-state index < -0.39 is 23.1 Å². The molecule has 28 heavy (non-hydrogen) atoms. The normalized spacial score (nSPS) is 11.1. The zero-order valence-corrected chi connectivity index (χ0v) is 15.1. The first-order chi connectivity index (χ1) is 13.3. The molecule has 2 aromatic carbocycles. The third kappa shape index (κ3) is 4.27. The van der Waals surface area contributed by atoms with E-state index in [0.29, 0.717) is 5.02 Å². The average Bonchev–Trinajstić information content (AvgIpc) is 2.66. The van der Waals surface area contributed by atoms with Crippen LogP contribution in [0.1, 0.15) is 21.5 Å². The van der Waals surface area contributed by atoms with Crippen LogP contribution in [-0.2, 0) is 11.3 Å². The van der Waals surface area contributed by atoms with E-state index in [1.807, 2.05) is 0 Å². The number of pyridine rings is 1. The number of fused-ring (bicyclic) bond motifs is 1. The third-order valence-corrected chi connectivity index (χ3v) is 4.24. The van der Waals surface area contributed by atoms with Gasteiger partial charge in [-0.2, -0.15) is 0 Å². The maximum atomic E-state index is 14.2. The number of H-pyrrole nitrogens is 1. The van der Waals surface area contributed by atoms with Gasteiger partial charge in [-0.25, -0.2) is 9.18 Å². The number of rotatable bonds is 5. The molecule has 8 heteroatoms. The number of carboxylic acids is 1. The summed E-state index contributed by atoms with van der Waals surface area (Å²) in [5, 5.41) is 11.8. The van der Waals surface area contributed by atoms with Crippen molar-refractivity contribution in [2.75, 3.05) is 0 Å². The van der Waals surface area contributed by atoms with E-state index in [0.717, 1.165) is 30.0 Å². The summed E-state index contributed by atoms with van der Waals surface area (Å²) in [6.45, 7) is 0.184. The molecular weight excluding hydrogens is 387 g/mol. The lowest BCUT2D eigenvalue weighted by atomic mass is 10.1. The van der Waals surface area contributed by atoms with Crippen LogP contribution in [0.15, 0.2) is 53.5 Å². The van der Waals surface area contributed by atoms with E-state index in [2.05, 4.69) is 10.3 Å². The molecule has 0 saturated carbocycles. The number of carbonyl (C=O) groups is 2. The fourth-order valence-corrected chi connectivity index (χ4v) is 2.75. The van der Waals surface area contributed by atoms with Crippen molar-refractivity contribution in [3.8, 4) is 0 Å². The number of carboxylic acid groups (broad SMARTS) is 1. The molecule has 142 valence electrons. The lowest BCUT2D eigenvalue weighted by Gasteiger charge is -2.07. The van der Waals surface area contributed by atoms with Crippen LogP contribution in [0.25, 0.3) is 17.0 Å². The lowest BCUT2D eigenvalue weighted by Crippen LogP contribution is -2.28. The van der Waals surface area contributed by atoms with Gasteiger partial charge in [0.1, 0.15) is 11.4 Å². The number of amides is 1. The van der Waals surface area contributed by atoms with Gasteiger partial charge in [-0.15, -0.1) is 0 Å². The molecule has 1 amide bonds. The van der Waals surface area contributed by atoms with Crippen LogP contribution in [-0.4, -0.2) is 22.0 Å². The number of aromatic amines is 1. The first-order valence-electron chi connectivity index (χ1n) is 8.14. The summed E-state index contributed by atoms with van der Waals surface area (Å²) in [4.78, 5) is 38.3. The molecule has 1 aromatic heterocycles. The number of hydrogen-bond donors (Lipinski definition) is 3. The Bertz CT molecular complexity index is 1150. The van der Waals surface area contributed by atoms with Crippen molar-refractivity contribution in [2.24, 2.45) is 0 Å². The topological polar surface area (TPSA) is 99.3 Å². The van der Waals surface area contributed by atoms with Crippen LogP contribution < -0.4 is 10.7 Å². The molecule has 0 radical (unpaired) electrons. The summed E-state index contributed by atoms with van der Waals surface area (Å²) in [6.07, 6.45) is 3.15. The van der Waals surface area contributed by atoms with Crippen LogP contribution in [0.4, 0.5) is 4.39 Å². The third-order valence-electron chi connectivity index (χ3n) is 3.99. The standard InChI is InChI=1S/C20H14ClFN2O4/c21-13-4-1-11(2-5-13)9-24-20(28)15-10-23-18-14(19(15)27)7-12(8-16(18)22)3-6-17(25)26/h1-8,10H,9H2,(H,23,27)(H,24,28)(H,25,26). The highest BCUT2D eigenvalue weighted by Gasteiger charge is 2.15. The highest BCUT2D eigenvalue weighted by Crippen LogP contribution is 2.17. The molecule has 0 unspecified atom stereocenters. The second-order valence-corrected chi connectivity index (χ2v) is 6.37. The van der Waals surface area contributed by atoms with E-state index >= 15 is 0 Å². The number of aromatic nitrogens is 1. The fraction of sp³-hybridized carbons (Fsp3) is 0.0500. The molecule has 0 aliphatic carbocycles. The molecular formula is C20H14ClFN2O4. The Balaban J connectivity index is 1.91. The minimum absolute atomic E-state index is 0.0517. The van der Waals surface area contributed by atoms with Gasteiger partial charge in [0.25, 0.3) is 5.91 Å². The first-order valence-corrected chi connectivity index (χ1v) is 8.51. The van der Waals surface area contributed by atoms with Gasteiger partial charge in [-0.3, -0.25) is 9.59 Å². The molecule has 0 aliphatic heterocycles. The van der Waals surface area contributed by atoms with Gasteiger partial charge in [-0.05, 0) is 41.5 Å². The Morgan fingerprint density at radius 2 is 1.93 bits per heavy atom. The SMILES string of the molecule is O=C(O)C=Cc1cc(F)c2[nH]cc(C(=O)NCc3ccc(Cl)cc3)c(=O)c2c1. The Hall–Kier alpha value is -3.45. The van der Waals surface area contributed by atoms with Crippen LogP contribution in [0.3, 0.4) is 0 Å². The highest BCUT2D eigenvalue weighted by atomic mass is 35.5. The Morgan fingerprint density at radius 1 is 1.21 bits per heavy atom. The van der Waals surface area contributed by atoms with Crippen LogP contribution in [0.2, 0.25) is 5.02 Å². The minimum atomic E-state index is -1.20. The second kappa shape index (κ2) is 8.06. The number of hydrogen-bond acceptors (Lipinski definition) is 3. The van der Waals surface area contributed by atoms with Crippen molar-refractivity contribution in [3.05, 3.63) is 86.4 Å². The average molecular weight is 401 g/mol. The lowest BCUT2D eigenvalue weighted by molar-refractivity contribution is -0.131. The quantitative estimate of drug-likeness (QED) is 0.572. The van der Waals surface area contributed by atoms with Crippen molar-refractivity contribution in [1.82, 2.24) is 10.3 Å². The molecule has 3 rings (SSSR count). The molecule has 1 heterocycles. The van der Waals surface area contributed by atoms with E-state index in [9.17, 15) is 18.8 Å². The molecule has 6 nitrogen and oxygen atoms in total. The number of aliphatic carboxylic acids is 1. The van der Waals surface area contributed by atoms with Crippen molar-refractivity contribution < 1.29 is 19.1 Å². The first kappa shape index (κ1) is 19.3. The van der Waals surface area contributed by atoms with Gasteiger partial charge in [0.15, 0.2) is 0 Å². The summed E-state index contributed by atoms with van der Waals surface area (Å²) in [5.41, 5.74) is 0.0810. The van der Waals surface area contributed by atoms with Gasteiger partial charge < -0.3 is 15.4 Å². The minimum Gasteiger partial charge on any atom is -0.478 e. The molecule has 3 N–H and O–H groups in total. The van der Waals surface area contributed by atoms with Crippen molar-refractivity contribution >= 4 is 40.5 Å². The van der Waals surface area contributed by atoms with Gasteiger partial charge in [0.2, 0.25) is 5.43 Å². The summed E-state index contributed by atoms with van der Waals surface area (Å²) in [7, 11) is 0. The molecule has 0 aliphatic rings. The van der Waals surface area contributed by atoms with Crippen molar-refractivity contribution in [2.45, 2.75) is 6.54 Å². The smallest absolute Gasteiger partial charge is 0.328 e. The summed E-state index contributed by atoms with van der Waals surface area (Å²) in [6, 6.07) is 9.26. The number of nitrogens with one attached hydrogen (secondary N) is 2. The van der Waals surface area contributed by atoms with Crippen molar-refractivity contribution in [3.63, 3.8) is 0 Å². The Kier molecular flexibility index (Phi) is 5.56. The zero-order chi connectivity index (χ0) is 20.3. The number of carbonyl (C=O) groups excluding carboxylic acids is 1. The number of benzene rings is 2. The zero-order valence-electron chi connectivity index (χ0n) is 14.3. The molecule has 0 fully saturated rings. The second-order valence-electron chi connectivity index (χ2n) is 5.94. The van der Waals surface area contributed by atoms with Gasteiger partial charge in [0, 0.05) is 29.2 Å². The van der Waals surface area contributed by atoms with Gasteiger partial charge in [0.05, 0.1) is 5.52 Å². The van der Waals surface area contributed by atoms with Gasteiger partial charge >= 0.3 is 5.97 Å². The summed E-state index contributed by atoms with van der Waals surface area (Å²) < 4.78 is 14.2. The monoisotopic (exact) mass is 400 g/mol. The van der Waals surface area contributed by atoms with Crippen molar-refractivity contribution in [1.29, 1.82) is 0 Å². The largest absolute Gasteiger partial charge is 0.478 e. The van der Waals surface area contributed by atoms with E-state index in [-0.39, 0.29) is 28.6 Å². The summed E-state index contributed by atoms with van der Waals surface area (Å²) in [5.74, 6) is -2.55. The number of halogens is 2. The Labute approximate surface area is 163 Å². The highest BCUT2D eigenvalue weighted by molar-refractivity contribution is 6.30. The summed E-state index contributed by atoms with van der Waals surface area (Å²) >= 11 is 5.81. The molecule has 0 saturated heterocycles. The van der Waals surface area contributed by atoms with Crippen LogP contribution in [0, 0.1) is 5.82 Å². The van der Waals surface area contributed by atoms with E-state index in [1.165, 1.54) is 6.07 Å². The van der Waals surface area contributed by atoms with E-state index in [4.69, 9.17) is 16.7 Å². The Morgan fingerprint density at radius 3 is 2.61 bits per heavy atom. The fourth-order valence-electron chi connectivity index (χ4n) is 2.62. The van der Waals surface area contributed by atoms with Gasteiger partial charge in [-0.1, -0.05) is 23.7 Å².